The maximum atomic E-state index is 11.7. The predicted molar refractivity (Wildman–Crippen MR) is 68.1 cm³/mol. The highest BCUT2D eigenvalue weighted by molar-refractivity contribution is 8.00. The van der Waals surface area contributed by atoms with E-state index in [0.717, 1.165) is 0 Å². The van der Waals surface area contributed by atoms with Crippen LogP contribution in [0.25, 0.3) is 0 Å². The van der Waals surface area contributed by atoms with E-state index in [1.54, 1.807) is 6.92 Å². The Labute approximate surface area is 110 Å². The van der Waals surface area contributed by atoms with Crippen LogP contribution < -0.4 is 5.32 Å². The van der Waals surface area contributed by atoms with Gasteiger partial charge in [0.1, 0.15) is 12.6 Å². The fraction of sp³-hybridized carbons (Fsp3) is 0.727. The van der Waals surface area contributed by atoms with Crippen LogP contribution in [0.15, 0.2) is 0 Å². The third kappa shape index (κ3) is 3.90. The molecule has 0 aromatic rings. The zero-order chi connectivity index (χ0) is 13.7. The molecule has 0 spiro atoms. The van der Waals surface area contributed by atoms with Crippen LogP contribution in [0.2, 0.25) is 0 Å². The molecule has 0 unspecified atom stereocenters. The van der Waals surface area contributed by atoms with E-state index >= 15 is 0 Å². The number of thioether (sulfide) groups is 1. The van der Waals surface area contributed by atoms with Crippen molar-refractivity contribution in [3.8, 4) is 0 Å². The molecule has 2 N–H and O–H groups in total. The smallest absolute Gasteiger partial charge is 0.326 e. The third-order valence-electron chi connectivity index (χ3n) is 2.96. The summed E-state index contributed by atoms with van der Waals surface area (Å²) in [5.41, 5.74) is 0. The molecule has 18 heavy (non-hydrogen) atoms. The minimum atomic E-state index is -1.04. The number of carbonyl (C=O) groups excluding carboxylic acids is 2. The average Bonchev–Trinajstić information content (AvgIpc) is 2.70. The molecular formula is C11H18N2O4S. The maximum absolute atomic E-state index is 11.7. The van der Waals surface area contributed by atoms with E-state index in [4.69, 9.17) is 5.11 Å². The van der Waals surface area contributed by atoms with Crippen molar-refractivity contribution < 1.29 is 19.5 Å². The molecule has 1 rings (SSSR count). The van der Waals surface area contributed by atoms with Gasteiger partial charge in [0.2, 0.25) is 11.8 Å². The number of aliphatic carboxylic acids is 1. The zero-order valence-electron chi connectivity index (χ0n) is 10.5. The molecule has 0 aliphatic carbocycles. The van der Waals surface area contributed by atoms with Gasteiger partial charge >= 0.3 is 5.97 Å². The highest BCUT2D eigenvalue weighted by Crippen LogP contribution is 2.14. The van der Waals surface area contributed by atoms with Crippen LogP contribution in [0, 0.1) is 5.92 Å². The van der Waals surface area contributed by atoms with Gasteiger partial charge in [-0.1, -0.05) is 20.3 Å². The van der Waals surface area contributed by atoms with Crippen LogP contribution in [-0.4, -0.2) is 52.0 Å². The van der Waals surface area contributed by atoms with Gasteiger partial charge in [0.15, 0.2) is 0 Å². The Bertz CT molecular complexity index is 348. The normalized spacial score (nSPS) is 18.6. The summed E-state index contributed by atoms with van der Waals surface area (Å²) in [7, 11) is 0. The first-order valence-corrected chi connectivity index (χ1v) is 6.98. The summed E-state index contributed by atoms with van der Waals surface area (Å²) in [5, 5.41) is 11.5. The standard InChI is InChI=1S/C11H18N2O4S/c1-3-7(2)10(11(16)17)12-8(14)4-13-6-18-5-9(13)15/h7,10H,3-6H2,1-2H3,(H,12,14)(H,16,17)/t7-,10-/m0/s1. The molecule has 2 atom stereocenters. The topological polar surface area (TPSA) is 86.7 Å². The Morgan fingerprint density at radius 3 is 2.67 bits per heavy atom. The van der Waals surface area contributed by atoms with Gasteiger partial charge in [0.25, 0.3) is 0 Å². The van der Waals surface area contributed by atoms with E-state index in [-0.39, 0.29) is 18.4 Å². The first-order chi connectivity index (χ1) is 8.45. The second-order valence-corrected chi connectivity index (χ2v) is 5.29. The molecule has 1 heterocycles. The molecule has 0 aromatic carbocycles. The average molecular weight is 274 g/mol. The van der Waals surface area contributed by atoms with E-state index in [0.29, 0.717) is 18.1 Å². The number of nitrogens with one attached hydrogen (secondary N) is 1. The quantitative estimate of drug-likeness (QED) is 0.719. The Morgan fingerprint density at radius 2 is 2.22 bits per heavy atom. The minimum Gasteiger partial charge on any atom is -0.480 e. The third-order valence-corrected chi connectivity index (χ3v) is 3.90. The van der Waals surface area contributed by atoms with Crippen LogP contribution in [0.3, 0.4) is 0 Å². The van der Waals surface area contributed by atoms with Crippen molar-refractivity contribution in [1.82, 2.24) is 10.2 Å². The van der Waals surface area contributed by atoms with E-state index in [2.05, 4.69) is 5.32 Å². The Balaban J connectivity index is 2.51. The van der Waals surface area contributed by atoms with Crippen molar-refractivity contribution in [1.29, 1.82) is 0 Å². The fourth-order valence-corrected chi connectivity index (χ4v) is 2.52. The van der Waals surface area contributed by atoms with Crippen molar-refractivity contribution in [2.75, 3.05) is 18.2 Å². The van der Waals surface area contributed by atoms with E-state index in [9.17, 15) is 14.4 Å². The van der Waals surface area contributed by atoms with Crippen molar-refractivity contribution >= 4 is 29.5 Å². The molecule has 0 radical (unpaired) electrons. The molecule has 2 amide bonds. The van der Waals surface area contributed by atoms with Crippen LogP contribution in [-0.2, 0) is 14.4 Å². The predicted octanol–water partition coefficient (Wildman–Crippen LogP) is 0.135. The molecule has 1 aliphatic heterocycles. The number of rotatable bonds is 6. The molecule has 6 nitrogen and oxygen atoms in total. The molecule has 1 aliphatic rings. The van der Waals surface area contributed by atoms with Gasteiger partial charge in [-0.05, 0) is 5.92 Å². The summed E-state index contributed by atoms with van der Waals surface area (Å²) < 4.78 is 0. The van der Waals surface area contributed by atoms with Crippen LogP contribution in [0.1, 0.15) is 20.3 Å². The highest BCUT2D eigenvalue weighted by Gasteiger charge is 2.28. The van der Waals surface area contributed by atoms with Crippen molar-refractivity contribution in [2.24, 2.45) is 5.92 Å². The molecule has 7 heteroatoms. The monoisotopic (exact) mass is 274 g/mol. The lowest BCUT2D eigenvalue weighted by Gasteiger charge is -2.21. The van der Waals surface area contributed by atoms with E-state index in [1.165, 1.54) is 16.7 Å². The number of carboxylic acids is 1. The van der Waals surface area contributed by atoms with Crippen molar-refractivity contribution in [2.45, 2.75) is 26.3 Å². The molecule has 1 fully saturated rings. The molecule has 0 saturated carbocycles. The van der Waals surface area contributed by atoms with Gasteiger partial charge in [0, 0.05) is 0 Å². The van der Waals surface area contributed by atoms with Crippen molar-refractivity contribution in [3.63, 3.8) is 0 Å². The number of carbonyl (C=O) groups is 3. The molecular weight excluding hydrogens is 256 g/mol. The Hall–Kier alpha value is -1.24. The Kier molecular flexibility index (Phi) is 5.46. The molecule has 0 bridgehead atoms. The van der Waals surface area contributed by atoms with E-state index in [1.807, 2.05) is 6.92 Å². The number of hydrogen-bond donors (Lipinski definition) is 2. The van der Waals surface area contributed by atoms with Gasteiger partial charge in [-0.15, -0.1) is 11.8 Å². The molecule has 1 saturated heterocycles. The first-order valence-electron chi connectivity index (χ1n) is 5.83. The summed E-state index contributed by atoms with van der Waals surface area (Å²) in [4.78, 5) is 35.5. The SMILES string of the molecule is CC[C@H](C)[C@H](NC(=O)CN1CSCC1=O)C(=O)O. The fourth-order valence-electron chi connectivity index (χ4n) is 1.62. The lowest BCUT2D eigenvalue weighted by Crippen LogP contribution is -2.48. The number of amides is 2. The number of hydrogen-bond acceptors (Lipinski definition) is 4. The Morgan fingerprint density at radius 1 is 1.56 bits per heavy atom. The number of carboxylic acid groups (broad SMARTS) is 1. The van der Waals surface area contributed by atoms with Gasteiger partial charge in [-0.3, -0.25) is 9.59 Å². The van der Waals surface area contributed by atoms with Crippen LogP contribution in [0.4, 0.5) is 0 Å². The summed E-state index contributed by atoms with van der Waals surface area (Å²) in [5.74, 6) is -0.798. The second kappa shape index (κ2) is 6.63. The van der Waals surface area contributed by atoms with Gasteiger partial charge in [-0.2, -0.15) is 0 Å². The minimum absolute atomic E-state index is 0.0634. The molecule has 102 valence electrons. The largest absolute Gasteiger partial charge is 0.480 e. The summed E-state index contributed by atoms with van der Waals surface area (Å²) in [6.07, 6.45) is 0.662. The lowest BCUT2D eigenvalue weighted by atomic mass is 9.99. The summed E-state index contributed by atoms with van der Waals surface area (Å²) in [6.45, 7) is 3.58. The van der Waals surface area contributed by atoms with Gasteiger partial charge in [-0.25, -0.2) is 4.79 Å². The van der Waals surface area contributed by atoms with E-state index < -0.39 is 17.9 Å². The van der Waals surface area contributed by atoms with Gasteiger partial charge < -0.3 is 15.3 Å². The first kappa shape index (κ1) is 14.8. The summed E-state index contributed by atoms with van der Waals surface area (Å²) in [6, 6.07) is -0.896. The second-order valence-electron chi connectivity index (χ2n) is 4.34. The number of nitrogens with zero attached hydrogens (tertiary/aromatic N) is 1. The lowest BCUT2D eigenvalue weighted by molar-refractivity contribution is -0.143. The van der Waals surface area contributed by atoms with Crippen LogP contribution >= 0.6 is 11.8 Å². The zero-order valence-corrected chi connectivity index (χ0v) is 11.3. The highest BCUT2D eigenvalue weighted by atomic mass is 32.2. The van der Waals surface area contributed by atoms with Gasteiger partial charge in [0.05, 0.1) is 11.6 Å². The molecule has 0 aromatic heterocycles. The maximum Gasteiger partial charge on any atom is 0.326 e. The summed E-state index contributed by atoms with van der Waals surface area (Å²) >= 11 is 1.45. The van der Waals surface area contributed by atoms with Crippen LogP contribution in [0.5, 0.6) is 0 Å². The van der Waals surface area contributed by atoms with Crippen molar-refractivity contribution in [3.05, 3.63) is 0 Å².